The molecule has 0 radical (unpaired) electrons. The molecule has 0 saturated carbocycles. The highest BCUT2D eigenvalue weighted by molar-refractivity contribution is 5.74. The molecule has 0 spiro atoms. The Bertz CT molecular complexity index is 315. The third-order valence-electron chi connectivity index (χ3n) is 4.78. The number of hydrogen-bond donors (Lipinski definition) is 1. The number of carbonyl (C=O) groups excluding carboxylic acids is 1. The zero-order chi connectivity index (χ0) is 15.1. The highest BCUT2D eigenvalue weighted by Crippen LogP contribution is 2.15. The molecule has 5 heteroatoms. The first-order valence-corrected chi connectivity index (χ1v) is 8.66. The number of piperazine rings is 1. The molecule has 1 unspecified atom stereocenters. The molecule has 2 amide bonds. The van der Waals surface area contributed by atoms with E-state index < -0.39 is 0 Å². The predicted molar refractivity (Wildman–Crippen MR) is 86.5 cm³/mol. The van der Waals surface area contributed by atoms with Crippen LogP contribution in [-0.2, 0) is 0 Å². The highest BCUT2D eigenvalue weighted by Gasteiger charge is 2.20. The molecule has 0 aromatic carbocycles. The van der Waals surface area contributed by atoms with Crippen molar-refractivity contribution >= 4 is 6.03 Å². The monoisotopic (exact) mass is 296 g/mol. The standard InChI is InChI=1S/C16H32N4O/c1-3-18-10-12-20(13-11-18)16(21)17-7-5-9-19-8-4-6-15(2)14-19/h15H,3-14H2,1-2H3,(H,17,21). The van der Waals surface area contributed by atoms with Crippen LogP contribution >= 0.6 is 0 Å². The Balaban J connectivity index is 1.55. The average Bonchev–Trinajstić information content (AvgIpc) is 2.51. The summed E-state index contributed by atoms with van der Waals surface area (Å²) in [6.07, 6.45) is 3.76. The molecule has 0 aromatic rings. The van der Waals surface area contributed by atoms with Crippen LogP contribution in [0.4, 0.5) is 4.79 Å². The fourth-order valence-electron chi connectivity index (χ4n) is 3.37. The van der Waals surface area contributed by atoms with E-state index in [2.05, 4.69) is 29.0 Å². The number of likely N-dealkylation sites (tertiary alicyclic amines) is 1. The molecule has 2 heterocycles. The number of rotatable bonds is 5. The van der Waals surface area contributed by atoms with Crippen molar-refractivity contribution in [1.29, 1.82) is 0 Å². The summed E-state index contributed by atoms with van der Waals surface area (Å²) in [4.78, 5) is 19.0. The fourth-order valence-corrected chi connectivity index (χ4v) is 3.37. The Hall–Kier alpha value is -0.810. The summed E-state index contributed by atoms with van der Waals surface area (Å²) in [7, 11) is 0. The number of urea groups is 1. The van der Waals surface area contributed by atoms with Crippen molar-refractivity contribution in [3.05, 3.63) is 0 Å². The van der Waals surface area contributed by atoms with Gasteiger partial charge in [0.1, 0.15) is 0 Å². The van der Waals surface area contributed by atoms with Gasteiger partial charge in [-0.25, -0.2) is 4.79 Å². The van der Waals surface area contributed by atoms with Gasteiger partial charge in [-0.1, -0.05) is 13.8 Å². The lowest BCUT2D eigenvalue weighted by Crippen LogP contribution is -2.51. The molecule has 0 aliphatic carbocycles. The van der Waals surface area contributed by atoms with Crippen molar-refractivity contribution < 1.29 is 4.79 Å². The molecule has 2 fully saturated rings. The Morgan fingerprint density at radius 2 is 1.90 bits per heavy atom. The van der Waals surface area contributed by atoms with Crippen molar-refractivity contribution in [1.82, 2.24) is 20.0 Å². The van der Waals surface area contributed by atoms with E-state index in [9.17, 15) is 4.79 Å². The van der Waals surface area contributed by atoms with Gasteiger partial charge >= 0.3 is 6.03 Å². The number of amides is 2. The first-order valence-electron chi connectivity index (χ1n) is 8.66. The summed E-state index contributed by atoms with van der Waals surface area (Å²) in [5.74, 6) is 0.836. The number of carbonyl (C=O) groups is 1. The Kier molecular flexibility index (Phi) is 6.77. The second kappa shape index (κ2) is 8.59. The van der Waals surface area contributed by atoms with Crippen LogP contribution in [0.15, 0.2) is 0 Å². The Morgan fingerprint density at radius 3 is 2.57 bits per heavy atom. The molecule has 2 saturated heterocycles. The molecule has 5 nitrogen and oxygen atoms in total. The second-order valence-electron chi connectivity index (χ2n) is 6.55. The largest absolute Gasteiger partial charge is 0.338 e. The number of nitrogens with zero attached hydrogens (tertiary/aromatic N) is 3. The molecular weight excluding hydrogens is 264 g/mol. The third kappa shape index (κ3) is 5.47. The van der Waals surface area contributed by atoms with Crippen LogP contribution in [0.25, 0.3) is 0 Å². The van der Waals surface area contributed by atoms with E-state index in [1.54, 1.807) is 0 Å². The number of piperidine rings is 1. The van der Waals surface area contributed by atoms with Crippen LogP contribution in [0, 0.1) is 5.92 Å². The van der Waals surface area contributed by atoms with Gasteiger partial charge in [0.2, 0.25) is 0 Å². The van der Waals surface area contributed by atoms with Gasteiger partial charge in [0.05, 0.1) is 0 Å². The topological polar surface area (TPSA) is 38.8 Å². The van der Waals surface area contributed by atoms with Gasteiger partial charge in [0, 0.05) is 39.3 Å². The Labute approximate surface area is 129 Å². The van der Waals surface area contributed by atoms with Gasteiger partial charge < -0.3 is 20.0 Å². The minimum absolute atomic E-state index is 0.123. The summed E-state index contributed by atoms with van der Waals surface area (Å²) < 4.78 is 0. The lowest BCUT2D eigenvalue weighted by atomic mass is 10.0. The maximum Gasteiger partial charge on any atom is 0.317 e. The molecule has 0 aromatic heterocycles. The van der Waals surface area contributed by atoms with E-state index in [1.165, 1.54) is 25.9 Å². The zero-order valence-corrected chi connectivity index (χ0v) is 13.8. The van der Waals surface area contributed by atoms with Crippen LogP contribution in [0.1, 0.15) is 33.1 Å². The van der Waals surface area contributed by atoms with Gasteiger partial charge in [-0.15, -0.1) is 0 Å². The van der Waals surface area contributed by atoms with Crippen LogP contribution < -0.4 is 5.32 Å². The predicted octanol–water partition coefficient (Wildman–Crippen LogP) is 1.46. The zero-order valence-electron chi connectivity index (χ0n) is 13.8. The molecule has 0 bridgehead atoms. The van der Waals surface area contributed by atoms with Crippen LogP contribution in [-0.4, -0.2) is 79.6 Å². The molecule has 21 heavy (non-hydrogen) atoms. The first-order chi connectivity index (χ1) is 10.2. The molecule has 2 aliphatic rings. The number of hydrogen-bond acceptors (Lipinski definition) is 3. The summed E-state index contributed by atoms with van der Waals surface area (Å²) in [6, 6.07) is 0.123. The van der Waals surface area contributed by atoms with Crippen molar-refractivity contribution in [2.24, 2.45) is 5.92 Å². The minimum Gasteiger partial charge on any atom is -0.338 e. The van der Waals surface area contributed by atoms with Gasteiger partial charge in [-0.3, -0.25) is 0 Å². The SMILES string of the molecule is CCN1CCN(C(=O)NCCCN2CCCC(C)C2)CC1. The van der Waals surface area contributed by atoms with E-state index in [0.29, 0.717) is 0 Å². The normalized spacial score (nSPS) is 25.0. The van der Waals surface area contributed by atoms with Gasteiger partial charge in [0.15, 0.2) is 0 Å². The van der Waals surface area contributed by atoms with E-state index in [1.807, 2.05) is 4.90 Å². The minimum atomic E-state index is 0.123. The lowest BCUT2D eigenvalue weighted by Gasteiger charge is -2.34. The lowest BCUT2D eigenvalue weighted by molar-refractivity contribution is 0.142. The fraction of sp³-hybridized carbons (Fsp3) is 0.938. The molecule has 2 aliphatic heterocycles. The summed E-state index contributed by atoms with van der Waals surface area (Å²) in [5.41, 5.74) is 0. The van der Waals surface area contributed by atoms with Crippen LogP contribution in [0.3, 0.4) is 0 Å². The molecule has 2 rings (SSSR count). The van der Waals surface area contributed by atoms with E-state index in [4.69, 9.17) is 0 Å². The van der Waals surface area contributed by atoms with Crippen molar-refractivity contribution in [2.45, 2.75) is 33.1 Å². The summed E-state index contributed by atoms with van der Waals surface area (Å²) in [6.45, 7) is 13.7. The molecule has 1 N–H and O–H groups in total. The van der Waals surface area contributed by atoms with E-state index >= 15 is 0 Å². The van der Waals surface area contributed by atoms with Crippen molar-refractivity contribution in [2.75, 3.05) is 58.9 Å². The third-order valence-corrected chi connectivity index (χ3v) is 4.78. The molecular formula is C16H32N4O. The smallest absolute Gasteiger partial charge is 0.317 e. The van der Waals surface area contributed by atoms with Crippen molar-refractivity contribution in [3.63, 3.8) is 0 Å². The van der Waals surface area contributed by atoms with Crippen LogP contribution in [0.5, 0.6) is 0 Å². The van der Waals surface area contributed by atoms with Gasteiger partial charge in [0.25, 0.3) is 0 Å². The maximum absolute atomic E-state index is 12.1. The van der Waals surface area contributed by atoms with Crippen molar-refractivity contribution in [3.8, 4) is 0 Å². The quantitative estimate of drug-likeness (QED) is 0.781. The second-order valence-corrected chi connectivity index (χ2v) is 6.55. The summed E-state index contributed by atoms with van der Waals surface area (Å²) >= 11 is 0. The Morgan fingerprint density at radius 1 is 1.14 bits per heavy atom. The number of likely N-dealkylation sites (N-methyl/N-ethyl adjacent to an activating group) is 1. The van der Waals surface area contributed by atoms with Gasteiger partial charge in [-0.2, -0.15) is 0 Å². The van der Waals surface area contributed by atoms with Crippen LogP contribution in [0.2, 0.25) is 0 Å². The van der Waals surface area contributed by atoms with E-state index in [0.717, 1.165) is 58.2 Å². The highest BCUT2D eigenvalue weighted by atomic mass is 16.2. The summed E-state index contributed by atoms with van der Waals surface area (Å²) in [5, 5.41) is 3.08. The molecule has 122 valence electrons. The maximum atomic E-state index is 12.1. The first kappa shape index (κ1) is 16.6. The number of nitrogens with one attached hydrogen (secondary N) is 1. The van der Waals surface area contributed by atoms with E-state index in [-0.39, 0.29) is 6.03 Å². The average molecular weight is 296 g/mol. The van der Waals surface area contributed by atoms with Gasteiger partial charge in [-0.05, 0) is 44.8 Å². The molecule has 1 atom stereocenters.